The Kier molecular flexibility index (Phi) is 5.15. The lowest BCUT2D eigenvalue weighted by Gasteiger charge is -2.11. The van der Waals surface area contributed by atoms with Gasteiger partial charge in [-0.3, -0.25) is 14.5 Å². The number of esters is 1. The van der Waals surface area contributed by atoms with Crippen LogP contribution in [0.25, 0.3) is 6.08 Å². The first kappa shape index (κ1) is 16.4. The van der Waals surface area contributed by atoms with Crippen molar-refractivity contribution in [3.63, 3.8) is 0 Å². The van der Waals surface area contributed by atoms with Gasteiger partial charge in [-0.15, -0.1) is 0 Å². The van der Waals surface area contributed by atoms with Gasteiger partial charge < -0.3 is 14.8 Å². The first-order valence-corrected chi connectivity index (χ1v) is 7.41. The van der Waals surface area contributed by atoms with Crippen LogP contribution in [0.2, 0.25) is 0 Å². The molecular formula is C14H13BrN2O4S. The molecule has 1 aliphatic rings. The lowest BCUT2D eigenvalue weighted by atomic mass is 10.2. The highest BCUT2D eigenvalue weighted by molar-refractivity contribution is 9.10. The van der Waals surface area contributed by atoms with Gasteiger partial charge in [0.15, 0.2) is 5.11 Å². The Bertz CT molecular complexity index is 675. The van der Waals surface area contributed by atoms with Gasteiger partial charge >= 0.3 is 5.97 Å². The summed E-state index contributed by atoms with van der Waals surface area (Å²) in [6.45, 7) is -0.217. The zero-order valence-electron chi connectivity index (χ0n) is 11.9. The van der Waals surface area contributed by atoms with Gasteiger partial charge in [0.2, 0.25) is 0 Å². The molecule has 1 saturated heterocycles. The maximum Gasteiger partial charge on any atom is 0.325 e. The Morgan fingerprint density at radius 1 is 1.45 bits per heavy atom. The van der Waals surface area contributed by atoms with Gasteiger partial charge in [-0.2, -0.15) is 0 Å². The Hall–Kier alpha value is -1.93. The predicted octanol–water partition coefficient (Wildman–Crippen LogP) is 1.69. The fourth-order valence-electron chi connectivity index (χ4n) is 1.85. The van der Waals surface area contributed by atoms with Gasteiger partial charge in [0.1, 0.15) is 18.0 Å². The minimum Gasteiger partial charge on any atom is -0.496 e. The molecule has 0 radical (unpaired) electrons. The van der Waals surface area contributed by atoms with E-state index in [2.05, 4.69) is 26.0 Å². The molecule has 0 unspecified atom stereocenters. The molecule has 22 heavy (non-hydrogen) atoms. The number of hydrogen-bond donors (Lipinski definition) is 1. The largest absolute Gasteiger partial charge is 0.496 e. The fraction of sp³-hybridized carbons (Fsp3) is 0.214. The average molecular weight is 385 g/mol. The Morgan fingerprint density at radius 2 is 2.18 bits per heavy atom. The molecule has 0 bridgehead atoms. The highest BCUT2D eigenvalue weighted by atomic mass is 79.9. The summed E-state index contributed by atoms with van der Waals surface area (Å²) in [6.07, 6.45) is 1.65. The van der Waals surface area contributed by atoms with Gasteiger partial charge in [-0.05, 0) is 51.9 Å². The van der Waals surface area contributed by atoms with E-state index in [0.717, 1.165) is 14.9 Å². The molecule has 1 fully saturated rings. The second-order valence-corrected chi connectivity index (χ2v) is 5.59. The molecule has 6 nitrogen and oxygen atoms in total. The molecule has 1 aliphatic heterocycles. The van der Waals surface area contributed by atoms with E-state index in [-0.39, 0.29) is 17.6 Å². The third-order valence-corrected chi connectivity index (χ3v) is 3.91. The van der Waals surface area contributed by atoms with Gasteiger partial charge in [0.05, 0.1) is 18.7 Å². The predicted molar refractivity (Wildman–Crippen MR) is 88.1 cm³/mol. The van der Waals surface area contributed by atoms with Crippen LogP contribution in [-0.4, -0.2) is 42.7 Å². The fourth-order valence-corrected chi connectivity index (χ4v) is 2.66. The number of thiocarbonyl (C=S) groups is 1. The zero-order valence-corrected chi connectivity index (χ0v) is 14.3. The number of ether oxygens (including phenoxy) is 2. The van der Waals surface area contributed by atoms with Gasteiger partial charge in [0.25, 0.3) is 5.91 Å². The molecule has 0 saturated carbocycles. The van der Waals surface area contributed by atoms with Crippen molar-refractivity contribution in [2.24, 2.45) is 0 Å². The van der Waals surface area contributed by atoms with Crippen LogP contribution >= 0.6 is 28.1 Å². The summed E-state index contributed by atoms with van der Waals surface area (Å²) in [7, 11) is 2.83. The molecule has 2 rings (SSSR count). The van der Waals surface area contributed by atoms with E-state index in [0.29, 0.717) is 11.4 Å². The van der Waals surface area contributed by atoms with E-state index in [4.69, 9.17) is 17.0 Å². The third-order valence-electron chi connectivity index (χ3n) is 2.96. The molecule has 1 aromatic rings. The SMILES string of the molecule is COC(=O)CN1C(=O)/C(=C/c2ccc(OC)c(Br)c2)NC1=S. The third kappa shape index (κ3) is 3.45. The smallest absolute Gasteiger partial charge is 0.325 e. The number of carbonyl (C=O) groups excluding carboxylic acids is 2. The second-order valence-electron chi connectivity index (χ2n) is 4.35. The molecule has 1 heterocycles. The summed E-state index contributed by atoms with van der Waals surface area (Å²) in [5, 5.41) is 2.97. The van der Waals surface area contributed by atoms with E-state index in [1.54, 1.807) is 25.3 Å². The molecule has 0 spiro atoms. The first-order valence-electron chi connectivity index (χ1n) is 6.21. The molecule has 1 aromatic carbocycles. The second kappa shape index (κ2) is 6.89. The van der Waals surface area contributed by atoms with E-state index in [1.807, 2.05) is 6.07 Å². The number of nitrogens with one attached hydrogen (secondary N) is 1. The number of amides is 1. The van der Waals surface area contributed by atoms with Crippen molar-refractivity contribution in [1.82, 2.24) is 10.2 Å². The van der Waals surface area contributed by atoms with Gasteiger partial charge in [-0.25, -0.2) is 0 Å². The highest BCUT2D eigenvalue weighted by Crippen LogP contribution is 2.26. The summed E-state index contributed by atoms with van der Waals surface area (Å²) in [5.74, 6) is -0.219. The number of rotatable bonds is 4. The number of carbonyl (C=O) groups is 2. The van der Waals surface area contributed by atoms with Crippen LogP contribution in [0.1, 0.15) is 5.56 Å². The minimum absolute atomic E-state index is 0.175. The van der Waals surface area contributed by atoms with Crippen LogP contribution < -0.4 is 10.1 Å². The Balaban J connectivity index is 2.22. The summed E-state index contributed by atoms with van der Waals surface area (Å²) < 4.78 is 10.5. The average Bonchev–Trinajstić information content (AvgIpc) is 2.75. The number of methoxy groups -OCH3 is 2. The van der Waals surface area contributed by atoms with Crippen LogP contribution in [0.3, 0.4) is 0 Å². The van der Waals surface area contributed by atoms with Crippen molar-refractivity contribution in [3.05, 3.63) is 33.9 Å². The normalized spacial score (nSPS) is 16.0. The number of nitrogens with zero attached hydrogens (tertiary/aromatic N) is 1. The van der Waals surface area contributed by atoms with Crippen LogP contribution in [0.4, 0.5) is 0 Å². The lowest BCUT2D eigenvalue weighted by molar-refractivity contribution is -0.143. The molecule has 1 amide bonds. The number of halogens is 1. The van der Waals surface area contributed by atoms with E-state index >= 15 is 0 Å². The zero-order chi connectivity index (χ0) is 16.3. The highest BCUT2D eigenvalue weighted by Gasteiger charge is 2.32. The molecule has 116 valence electrons. The van der Waals surface area contributed by atoms with Crippen molar-refractivity contribution < 1.29 is 19.1 Å². The van der Waals surface area contributed by atoms with Crippen LogP contribution in [0.5, 0.6) is 5.75 Å². The molecule has 0 aromatic heterocycles. The standard InChI is InChI=1S/C14H13BrN2O4S/c1-20-11-4-3-8(5-9(11)15)6-10-13(19)17(14(22)16-10)7-12(18)21-2/h3-6H,7H2,1-2H3,(H,16,22)/b10-6-. The van der Waals surface area contributed by atoms with E-state index in [9.17, 15) is 9.59 Å². The van der Waals surface area contributed by atoms with Gasteiger partial charge in [-0.1, -0.05) is 6.07 Å². The topological polar surface area (TPSA) is 67.9 Å². The van der Waals surface area contributed by atoms with Crippen molar-refractivity contribution >= 4 is 51.2 Å². The van der Waals surface area contributed by atoms with Crippen molar-refractivity contribution in [3.8, 4) is 5.75 Å². The summed E-state index contributed by atoms with van der Waals surface area (Å²) in [5.41, 5.74) is 1.08. The van der Waals surface area contributed by atoms with Crippen LogP contribution in [0.15, 0.2) is 28.4 Å². The maximum atomic E-state index is 12.2. The van der Waals surface area contributed by atoms with Crippen molar-refractivity contribution in [1.29, 1.82) is 0 Å². The van der Waals surface area contributed by atoms with E-state index < -0.39 is 5.97 Å². The summed E-state index contributed by atoms with van der Waals surface area (Å²) >= 11 is 8.44. The Morgan fingerprint density at radius 3 is 2.77 bits per heavy atom. The summed E-state index contributed by atoms with van der Waals surface area (Å²) in [6, 6.07) is 5.39. The van der Waals surface area contributed by atoms with E-state index in [1.165, 1.54) is 7.11 Å². The lowest BCUT2D eigenvalue weighted by Crippen LogP contribution is -2.35. The summed E-state index contributed by atoms with van der Waals surface area (Å²) in [4.78, 5) is 24.7. The van der Waals surface area contributed by atoms with Gasteiger partial charge in [0, 0.05) is 0 Å². The van der Waals surface area contributed by atoms with Crippen LogP contribution in [0, 0.1) is 0 Å². The maximum absolute atomic E-state index is 12.2. The van der Waals surface area contributed by atoms with Crippen LogP contribution in [-0.2, 0) is 14.3 Å². The van der Waals surface area contributed by atoms with Crippen molar-refractivity contribution in [2.75, 3.05) is 20.8 Å². The van der Waals surface area contributed by atoms with Crippen molar-refractivity contribution in [2.45, 2.75) is 0 Å². The number of hydrogen-bond acceptors (Lipinski definition) is 5. The Labute approximate surface area is 141 Å². The molecule has 0 aliphatic carbocycles. The monoisotopic (exact) mass is 384 g/mol. The molecular weight excluding hydrogens is 372 g/mol. The molecule has 1 N–H and O–H groups in total. The minimum atomic E-state index is -0.536. The quantitative estimate of drug-likeness (QED) is 0.484. The first-order chi connectivity index (χ1) is 10.5. The molecule has 0 atom stereocenters. The molecule has 8 heteroatoms. The number of benzene rings is 1.